The van der Waals surface area contributed by atoms with Gasteiger partial charge in [0.15, 0.2) is 0 Å². The molecule has 3 rings (SSSR count). The number of halogens is 1. The molecule has 23 heavy (non-hydrogen) atoms. The number of likely N-dealkylation sites (N-methyl/N-ethyl adjacent to an activating group) is 1. The van der Waals surface area contributed by atoms with Gasteiger partial charge in [-0.3, -0.25) is 9.52 Å². The molecule has 0 spiro atoms. The van der Waals surface area contributed by atoms with Crippen molar-refractivity contribution in [3.8, 4) is 0 Å². The Balaban J connectivity index is 1.90. The van der Waals surface area contributed by atoms with Gasteiger partial charge in [0, 0.05) is 31.5 Å². The van der Waals surface area contributed by atoms with Crippen LogP contribution >= 0.6 is 0 Å². The number of benzene rings is 1. The molecule has 0 bridgehead atoms. The fraction of sp³-hybridized carbons (Fsp3) is 0.267. The average molecular weight is 337 g/mol. The number of sulfonamides is 1. The Morgan fingerprint density at radius 1 is 1.22 bits per heavy atom. The van der Waals surface area contributed by atoms with Crippen molar-refractivity contribution in [1.82, 2.24) is 9.47 Å². The SMILES string of the molecule is CCN1CCn2cc(S(=O)(=O)Nc3ccc(F)cc3)cc2C1=O. The molecule has 1 aromatic carbocycles. The number of nitrogens with one attached hydrogen (secondary N) is 1. The molecule has 0 fully saturated rings. The van der Waals surface area contributed by atoms with E-state index < -0.39 is 15.8 Å². The van der Waals surface area contributed by atoms with E-state index in [0.29, 0.717) is 25.3 Å². The van der Waals surface area contributed by atoms with Crippen LogP contribution in [0.25, 0.3) is 0 Å². The molecule has 122 valence electrons. The second kappa shape index (κ2) is 5.69. The lowest BCUT2D eigenvalue weighted by atomic mass is 10.3. The molecule has 0 saturated heterocycles. The number of carbonyl (C=O) groups excluding carboxylic acids is 1. The van der Waals surface area contributed by atoms with Gasteiger partial charge < -0.3 is 9.47 Å². The van der Waals surface area contributed by atoms with Crippen LogP contribution in [0.2, 0.25) is 0 Å². The Hall–Kier alpha value is -2.35. The highest BCUT2D eigenvalue weighted by Gasteiger charge is 2.27. The van der Waals surface area contributed by atoms with Crippen molar-refractivity contribution in [3.63, 3.8) is 0 Å². The summed E-state index contributed by atoms with van der Waals surface area (Å²) in [6.07, 6.45) is 1.45. The van der Waals surface area contributed by atoms with Crippen molar-refractivity contribution in [2.75, 3.05) is 17.8 Å². The van der Waals surface area contributed by atoms with Crippen molar-refractivity contribution in [2.24, 2.45) is 0 Å². The molecule has 2 heterocycles. The van der Waals surface area contributed by atoms with Gasteiger partial charge in [-0.2, -0.15) is 0 Å². The normalized spacial score (nSPS) is 14.7. The number of carbonyl (C=O) groups is 1. The first-order valence-electron chi connectivity index (χ1n) is 7.18. The quantitative estimate of drug-likeness (QED) is 0.926. The van der Waals surface area contributed by atoms with Gasteiger partial charge in [-0.15, -0.1) is 0 Å². The number of aromatic nitrogens is 1. The van der Waals surface area contributed by atoms with Gasteiger partial charge in [0.25, 0.3) is 15.9 Å². The predicted molar refractivity (Wildman–Crippen MR) is 83.2 cm³/mol. The lowest BCUT2D eigenvalue weighted by molar-refractivity contribution is 0.0715. The fourth-order valence-electron chi connectivity index (χ4n) is 2.52. The third kappa shape index (κ3) is 2.94. The number of fused-ring (bicyclic) bond motifs is 1. The highest BCUT2D eigenvalue weighted by Crippen LogP contribution is 2.22. The summed E-state index contributed by atoms with van der Waals surface area (Å²) in [5.74, 6) is -0.625. The van der Waals surface area contributed by atoms with Crippen molar-refractivity contribution in [2.45, 2.75) is 18.4 Å². The Labute approximate surface area is 133 Å². The highest BCUT2D eigenvalue weighted by atomic mass is 32.2. The molecule has 0 radical (unpaired) electrons. The number of anilines is 1. The Morgan fingerprint density at radius 3 is 2.57 bits per heavy atom. The molecule has 0 aliphatic carbocycles. The highest BCUT2D eigenvalue weighted by molar-refractivity contribution is 7.92. The minimum Gasteiger partial charge on any atom is -0.340 e. The first-order chi connectivity index (χ1) is 10.9. The van der Waals surface area contributed by atoms with E-state index in [1.54, 1.807) is 9.47 Å². The van der Waals surface area contributed by atoms with Gasteiger partial charge in [-0.05, 0) is 37.3 Å². The lowest BCUT2D eigenvalue weighted by Crippen LogP contribution is -2.39. The van der Waals surface area contributed by atoms with Crippen LogP contribution in [0.3, 0.4) is 0 Å². The summed E-state index contributed by atoms with van der Waals surface area (Å²) in [5.41, 5.74) is 0.620. The van der Waals surface area contributed by atoms with Crippen LogP contribution in [-0.2, 0) is 16.6 Å². The van der Waals surface area contributed by atoms with Crippen LogP contribution in [0.5, 0.6) is 0 Å². The fourth-order valence-corrected chi connectivity index (χ4v) is 3.62. The van der Waals surface area contributed by atoms with E-state index in [-0.39, 0.29) is 16.5 Å². The van der Waals surface area contributed by atoms with Crippen molar-refractivity contribution < 1.29 is 17.6 Å². The molecule has 0 unspecified atom stereocenters. The van der Waals surface area contributed by atoms with Crippen LogP contribution in [-0.4, -0.2) is 36.9 Å². The Kier molecular flexibility index (Phi) is 3.85. The minimum absolute atomic E-state index is 0.0168. The van der Waals surface area contributed by atoms with Crippen LogP contribution in [0.4, 0.5) is 10.1 Å². The van der Waals surface area contributed by atoms with Gasteiger partial charge in [-0.1, -0.05) is 0 Å². The molecule has 0 saturated carbocycles. The van der Waals surface area contributed by atoms with Crippen LogP contribution < -0.4 is 4.72 Å². The zero-order valence-electron chi connectivity index (χ0n) is 12.5. The monoisotopic (exact) mass is 337 g/mol. The number of nitrogens with zero attached hydrogens (tertiary/aromatic N) is 2. The summed E-state index contributed by atoms with van der Waals surface area (Å²) in [6, 6.07) is 6.40. The standard InChI is InChI=1S/C15H16FN3O3S/c1-2-18-7-8-19-10-13(9-14(19)15(18)20)23(21,22)17-12-5-3-11(16)4-6-12/h3-6,9-10,17H,2,7-8H2,1H3. The lowest BCUT2D eigenvalue weighted by Gasteiger charge is -2.26. The topological polar surface area (TPSA) is 71.4 Å². The van der Waals surface area contributed by atoms with Crippen molar-refractivity contribution in [1.29, 1.82) is 0 Å². The summed E-state index contributed by atoms with van der Waals surface area (Å²) in [5, 5.41) is 0. The van der Waals surface area contributed by atoms with Crippen molar-refractivity contribution >= 4 is 21.6 Å². The van der Waals surface area contributed by atoms with Gasteiger partial charge in [0.2, 0.25) is 0 Å². The third-order valence-corrected chi connectivity index (χ3v) is 5.13. The van der Waals surface area contributed by atoms with E-state index in [0.717, 1.165) is 0 Å². The maximum atomic E-state index is 12.9. The predicted octanol–water partition coefficient (Wildman–Crippen LogP) is 1.90. The second-order valence-electron chi connectivity index (χ2n) is 5.25. The summed E-state index contributed by atoms with van der Waals surface area (Å²) >= 11 is 0. The molecule has 1 N–H and O–H groups in total. The minimum atomic E-state index is -3.83. The molecule has 1 amide bonds. The molecule has 1 aliphatic rings. The average Bonchev–Trinajstić information content (AvgIpc) is 2.96. The van der Waals surface area contributed by atoms with Gasteiger partial charge >= 0.3 is 0 Å². The summed E-state index contributed by atoms with van der Waals surface area (Å²) in [6.45, 7) is 3.58. The maximum absolute atomic E-state index is 12.9. The maximum Gasteiger partial charge on any atom is 0.270 e. The molecule has 6 nitrogen and oxygen atoms in total. The van der Waals surface area contributed by atoms with E-state index in [4.69, 9.17) is 0 Å². The van der Waals surface area contributed by atoms with E-state index in [1.165, 1.54) is 36.5 Å². The molecule has 8 heteroatoms. The molecule has 0 atom stereocenters. The molecule has 2 aromatic rings. The van der Waals surface area contributed by atoms with Gasteiger partial charge in [-0.25, -0.2) is 12.8 Å². The first-order valence-corrected chi connectivity index (χ1v) is 8.67. The molecular weight excluding hydrogens is 321 g/mol. The van der Waals surface area contributed by atoms with Crippen LogP contribution in [0.1, 0.15) is 17.4 Å². The first kappa shape index (κ1) is 15.5. The summed E-state index contributed by atoms with van der Waals surface area (Å²) < 4.78 is 41.8. The third-order valence-electron chi connectivity index (χ3n) is 3.78. The van der Waals surface area contributed by atoms with Gasteiger partial charge in [0.05, 0.1) is 0 Å². The number of hydrogen-bond acceptors (Lipinski definition) is 3. The second-order valence-corrected chi connectivity index (χ2v) is 6.93. The van der Waals surface area contributed by atoms with E-state index in [1.807, 2.05) is 6.92 Å². The molecule has 1 aromatic heterocycles. The number of rotatable bonds is 4. The number of amides is 1. The number of hydrogen-bond donors (Lipinski definition) is 1. The zero-order valence-corrected chi connectivity index (χ0v) is 13.3. The Morgan fingerprint density at radius 2 is 1.91 bits per heavy atom. The molecule has 1 aliphatic heterocycles. The van der Waals surface area contributed by atoms with Crippen LogP contribution in [0.15, 0.2) is 41.4 Å². The van der Waals surface area contributed by atoms with Crippen molar-refractivity contribution in [3.05, 3.63) is 48.0 Å². The van der Waals surface area contributed by atoms with E-state index in [2.05, 4.69) is 4.72 Å². The summed E-state index contributed by atoms with van der Waals surface area (Å²) in [4.78, 5) is 13.9. The smallest absolute Gasteiger partial charge is 0.270 e. The van der Waals surface area contributed by atoms with Gasteiger partial charge in [0.1, 0.15) is 16.4 Å². The Bertz CT molecular complexity index is 843. The zero-order chi connectivity index (χ0) is 16.6. The summed E-state index contributed by atoms with van der Waals surface area (Å²) in [7, 11) is -3.83. The van der Waals surface area contributed by atoms with E-state index >= 15 is 0 Å². The largest absolute Gasteiger partial charge is 0.340 e. The van der Waals surface area contributed by atoms with Crippen LogP contribution in [0, 0.1) is 5.82 Å². The van der Waals surface area contributed by atoms with E-state index in [9.17, 15) is 17.6 Å². The molecular formula is C15H16FN3O3S.